The van der Waals surface area contributed by atoms with E-state index in [1.165, 1.54) is 47.9 Å². The fourth-order valence-corrected chi connectivity index (χ4v) is 4.79. The van der Waals surface area contributed by atoms with Gasteiger partial charge < -0.3 is 0 Å². The molecule has 0 heteroatoms. The van der Waals surface area contributed by atoms with E-state index < -0.39 is 0 Å². The van der Waals surface area contributed by atoms with Crippen LogP contribution in [0.25, 0.3) is 11.1 Å². The number of rotatable bonds is 10. The Hall–Kier alpha value is -2.08. The maximum atomic E-state index is 3.95. The summed E-state index contributed by atoms with van der Waals surface area (Å²) in [6.45, 7) is 12.4. The monoisotopic (exact) mass is 358 g/mol. The van der Waals surface area contributed by atoms with E-state index in [1.54, 1.807) is 11.1 Å². The zero-order chi connectivity index (χ0) is 19.3. The van der Waals surface area contributed by atoms with Crippen LogP contribution in [-0.4, -0.2) is 0 Å². The summed E-state index contributed by atoms with van der Waals surface area (Å²) in [6.07, 6.45) is 13.3. The lowest BCUT2D eigenvalue weighted by Crippen LogP contribution is -2.25. The van der Waals surface area contributed by atoms with Crippen molar-refractivity contribution in [3.8, 4) is 11.1 Å². The molecular weight excluding hydrogens is 324 g/mol. The molecule has 2 aromatic carbocycles. The van der Waals surface area contributed by atoms with Crippen molar-refractivity contribution in [1.29, 1.82) is 0 Å². The predicted molar refractivity (Wildman–Crippen MR) is 120 cm³/mol. The van der Waals surface area contributed by atoms with Crippen LogP contribution < -0.4 is 0 Å². The van der Waals surface area contributed by atoms with Crippen LogP contribution in [0.2, 0.25) is 0 Å². The lowest BCUT2D eigenvalue weighted by atomic mass is 9.70. The van der Waals surface area contributed by atoms with Gasteiger partial charge >= 0.3 is 0 Å². The molecule has 0 spiro atoms. The number of hydrogen-bond acceptors (Lipinski definition) is 0. The van der Waals surface area contributed by atoms with E-state index in [-0.39, 0.29) is 5.41 Å². The first kappa shape index (κ1) is 19.7. The predicted octanol–water partition coefficient (Wildman–Crippen LogP) is 7.79. The van der Waals surface area contributed by atoms with Crippen LogP contribution >= 0.6 is 0 Å². The normalized spacial score (nSPS) is 13.9. The summed E-state index contributed by atoms with van der Waals surface area (Å²) in [5, 5.41) is 0. The summed E-state index contributed by atoms with van der Waals surface area (Å²) in [5.74, 6) is 0. The van der Waals surface area contributed by atoms with Crippen LogP contribution in [0.3, 0.4) is 0 Å². The number of aryl methyl sites for hydroxylation is 2. The fourth-order valence-electron chi connectivity index (χ4n) is 4.79. The summed E-state index contributed by atoms with van der Waals surface area (Å²) in [5.41, 5.74) is 9.11. The zero-order valence-corrected chi connectivity index (χ0v) is 17.2. The average Bonchev–Trinajstić information content (AvgIpc) is 2.97. The molecule has 0 aliphatic heterocycles. The summed E-state index contributed by atoms with van der Waals surface area (Å²) in [7, 11) is 0. The van der Waals surface area contributed by atoms with Gasteiger partial charge in [-0.1, -0.05) is 62.4 Å². The van der Waals surface area contributed by atoms with Gasteiger partial charge in [0.05, 0.1) is 0 Å². The van der Waals surface area contributed by atoms with Gasteiger partial charge in [0.15, 0.2) is 0 Å². The maximum Gasteiger partial charge on any atom is 0.0215 e. The van der Waals surface area contributed by atoms with E-state index in [0.29, 0.717) is 0 Å². The van der Waals surface area contributed by atoms with Crippen LogP contribution in [-0.2, 0) is 18.3 Å². The van der Waals surface area contributed by atoms with Gasteiger partial charge in [-0.3, -0.25) is 0 Å². The molecule has 1 aliphatic rings. The van der Waals surface area contributed by atoms with Gasteiger partial charge in [-0.25, -0.2) is 0 Å². The van der Waals surface area contributed by atoms with Gasteiger partial charge in [-0.15, -0.1) is 13.2 Å². The number of benzene rings is 2. The molecule has 142 valence electrons. The Bertz CT molecular complexity index is 739. The van der Waals surface area contributed by atoms with Crippen molar-refractivity contribution in [3.05, 3.63) is 84.0 Å². The lowest BCUT2D eigenvalue weighted by molar-refractivity contribution is 0.421. The molecule has 0 aromatic heterocycles. The second-order valence-electron chi connectivity index (χ2n) is 7.91. The molecule has 0 nitrogen and oxygen atoms in total. The molecule has 0 saturated carbocycles. The average molecular weight is 359 g/mol. The van der Waals surface area contributed by atoms with E-state index >= 15 is 0 Å². The SMILES string of the molecule is C=CCCCC1(CCCC=C)c2cc(CC)ccc2-c2ccc(CC)cc21. The van der Waals surface area contributed by atoms with Crippen LogP contribution in [0, 0.1) is 0 Å². The third-order valence-corrected chi connectivity index (χ3v) is 6.33. The van der Waals surface area contributed by atoms with Crippen molar-refractivity contribution < 1.29 is 0 Å². The highest BCUT2D eigenvalue weighted by molar-refractivity contribution is 5.81. The molecule has 27 heavy (non-hydrogen) atoms. The summed E-state index contributed by atoms with van der Waals surface area (Å²) >= 11 is 0. The van der Waals surface area contributed by atoms with Crippen LogP contribution in [0.4, 0.5) is 0 Å². The largest absolute Gasteiger partial charge is 0.103 e. The summed E-state index contributed by atoms with van der Waals surface area (Å²) < 4.78 is 0. The second-order valence-corrected chi connectivity index (χ2v) is 7.91. The standard InChI is InChI=1S/C27H34/c1-5-9-11-17-27(18-12-10-6-2)25-19-21(7-3)13-15-23(25)24-16-14-22(8-4)20-26(24)27/h5-6,13-16,19-20H,1-2,7-12,17-18H2,3-4H3. The topological polar surface area (TPSA) is 0 Å². The van der Waals surface area contributed by atoms with Crippen molar-refractivity contribution >= 4 is 0 Å². The first-order valence-electron chi connectivity index (χ1n) is 10.7. The Morgan fingerprint density at radius 3 is 1.56 bits per heavy atom. The molecule has 0 fully saturated rings. The molecule has 1 aliphatic carbocycles. The minimum absolute atomic E-state index is 0.146. The Morgan fingerprint density at radius 2 is 1.19 bits per heavy atom. The third kappa shape index (κ3) is 3.68. The number of hydrogen-bond donors (Lipinski definition) is 0. The van der Waals surface area contributed by atoms with Crippen LogP contribution in [0.1, 0.15) is 74.6 Å². The van der Waals surface area contributed by atoms with Crippen LogP contribution in [0.5, 0.6) is 0 Å². The van der Waals surface area contributed by atoms with Crippen molar-refractivity contribution in [2.24, 2.45) is 0 Å². The highest BCUT2D eigenvalue weighted by atomic mass is 14.4. The summed E-state index contributed by atoms with van der Waals surface area (Å²) in [4.78, 5) is 0. The molecule has 0 bridgehead atoms. The highest BCUT2D eigenvalue weighted by Gasteiger charge is 2.42. The van der Waals surface area contributed by atoms with Gasteiger partial charge in [0, 0.05) is 5.41 Å². The minimum Gasteiger partial charge on any atom is -0.103 e. The lowest BCUT2D eigenvalue weighted by Gasteiger charge is -2.33. The summed E-state index contributed by atoms with van der Waals surface area (Å²) in [6, 6.07) is 14.4. The van der Waals surface area contributed by atoms with Gasteiger partial charge in [0.2, 0.25) is 0 Å². The van der Waals surface area contributed by atoms with Gasteiger partial charge in [0.1, 0.15) is 0 Å². The van der Waals surface area contributed by atoms with Crippen molar-refractivity contribution in [1.82, 2.24) is 0 Å². The third-order valence-electron chi connectivity index (χ3n) is 6.33. The molecule has 0 unspecified atom stereocenters. The Morgan fingerprint density at radius 1 is 0.741 bits per heavy atom. The highest BCUT2D eigenvalue weighted by Crippen LogP contribution is 2.54. The number of fused-ring (bicyclic) bond motifs is 3. The molecular formula is C27H34. The van der Waals surface area contributed by atoms with Crippen molar-refractivity contribution in [2.45, 2.75) is 70.6 Å². The van der Waals surface area contributed by atoms with E-state index in [1.807, 2.05) is 0 Å². The molecule has 0 atom stereocenters. The smallest absolute Gasteiger partial charge is 0.0215 e. The molecule has 0 radical (unpaired) electrons. The van der Waals surface area contributed by atoms with E-state index in [0.717, 1.165) is 25.7 Å². The van der Waals surface area contributed by atoms with Crippen molar-refractivity contribution in [2.75, 3.05) is 0 Å². The molecule has 0 saturated heterocycles. The zero-order valence-electron chi connectivity index (χ0n) is 17.2. The molecule has 0 N–H and O–H groups in total. The maximum absolute atomic E-state index is 3.95. The second kappa shape index (κ2) is 8.74. The van der Waals surface area contributed by atoms with Crippen LogP contribution in [0.15, 0.2) is 61.7 Å². The number of allylic oxidation sites excluding steroid dienone is 2. The number of unbranched alkanes of at least 4 members (excludes halogenated alkanes) is 2. The molecule has 0 heterocycles. The Balaban J connectivity index is 2.18. The Labute approximate surface area is 166 Å². The molecule has 0 amide bonds. The fraction of sp³-hybridized carbons (Fsp3) is 0.407. The molecule has 3 rings (SSSR count). The van der Waals surface area contributed by atoms with Gasteiger partial charge in [0.25, 0.3) is 0 Å². The Kier molecular flexibility index (Phi) is 6.37. The first-order chi connectivity index (χ1) is 13.2. The van der Waals surface area contributed by atoms with E-state index in [4.69, 9.17) is 0 Å². The quantitative estimate of drug-likeness (QED) is 0.300. The first-order valence-corrected chi connectivity index (χ1v) is 10.7. The van der Waals surface area contributed by atoms with E-state index in [9.17, 15) is 0 Å². The molecule has 2 aromatic rings. The van der Waals surface area contributed by atoms with Gasteiger partial charge in [-0.2, -0.15) is 0 Å². The van der Waals surface area contributed by atoms with Gasteiger partial charge in [-0.05, 0) is 84.7 Å². The van der Waals surface area contributed by atoms with Crippen molar-refractivity contribution in [3.63, 3.8) is 0 Å². The van der Waals surface area contributed by atoms with E-state index in [2.05, 4.69) is 75.6 Å². The minimum atomic E-state index is 0.146.